The van der Waals surface area contributed by atoms with Crippen LogP contribution in [0.2, 0.25) is 5.02 Å². The van der Waals surface area contributed by atoms with Crippen LogP contribution in [-0.2, 0) is 16.4 Å². The number of rotatable bonds is 2. The number of halogens is 1. The van der Waals surface area contributed by atoms with E-state index >= 15 is 0 Å². The molecule has 4 nitrogen and oxygen atoms in total. The highest BCUT2D eigenvalue weighted by Gasteiger charge is 2.46. The molecule has 2 atom stereocenters. The molecule has 0 amide bonds. The van der Waals surface area contributed by atoms with Gasteiger partial charge in [0.15, 0.2) is 14.9 Å². The Hall–Kier alpha value is -0.850. The van der Waals surface area contributed by atoms with Crippen molar-refractivity contribution in [1.29, 1.82) is 0 Å². The second-order valence-corrected chi connectivity index (χ2v) is 7.87. The molecule has 0 bridgehead atoms. The molecule has 2 aliphatic heterocycles. The summed E-state index contributed by atoms with van der Waals surface area (Å²) in [6, 6.07) is 7.38. The van der Waals surface area contributed by atoms with Gasteiger partial charge in [-0.2, -0.15) is 0 Å². The minimum Gasteiger partial charge on any atom is -0.357 e. The van der Waals surface area contributed by atoms with Crippen molar-refractivity contribution >= 4 is 38.8 Å². The summed E-state index contributed by atoms with van der Waals surface area (Å²) >= 11 is 11.4. The Balaban J connectivity index is 1.85. The molecule has 19 heavy (non-hydrogen) atoms. The van der Waals surface area contributed by atoms with Crippen molar-refractivity contribution in [3.05, 3.63) is 34.9 Å². The number of sulfone groups is 1. The molecule has 1 aromatic rings. The molecule has 0 saturated carbocycles. The van der Waals surface area contributed by atoms with Gasteiger partial charge in [-0.25, -0.2) is 8.42 Å². The maximum absolute atomic E-state index is 11.7. The molecule has 0 spiro atoms. The molecule has 1 aromatic carbocycles. The Kier molecular flexibility index (Phi) is 3.19. The molecule has 0 unspecified atom stereocenters. The van der Waals surface area contributed by atoms with Crippen LogP contribution >= 0.6 is 23.8 Å². The summed E-state index contributed by atoms with van der Waals surface area (Å²) in [5.74, 6) is 0.325. The largest absolute Gasteiger partial charge is 0.357 e. The number of nitrogens with one attached hydrogen (secondary N) is 1. The first-order valence-electron chi connectivity index (χ1n) is 5.97. The Morgan fingerprint density at radius 2 is 2.11 bits per heavy atom. The fourth-order valence-electron chi connectivity index (χ4n) is 2.67. The normalized spacial score (nSPS) is 28.3. The lowest BCUT2D eigenvalue weighted by Crippen LogP contribution is -2.36. The average Bonchev–Trinajstić information content (AvgIpc) is 2.75. The molecule has 1 N–H and O–H groups in total. The van der Waals surface area contributed by atoms with Gasteiger partial charge in [0.1, 0.15) is 0 Å². The van der Waals surface area contributed by atoms with E-state index in [9.17, 15) is 8.42 Å². The summed E-state index contributed by atoms with van der Waals surface area (Å²) in [4.78, 5) is 1.94. The van der Waals surface area contributed by atoms with Gasteiger partial charge in [-0.15, -0.1) is 0 Å². The molecule has 0 aliphatic carbocycles. The number of hydrogen-bond donors (Lipinski definition) is 1. The van der Waals surface area contributed by atoms with Gasteiger partial charge in [0.25, 0.3) is 0 Å². The van der Waals surface area contributed by atoms with Crippen molar-refractivity contribution < 1.29 is 8.42 Å². The van der Waals surface area contributed by atoms with E-state index in [-0.39, 0.29) is 23.6 Å². The molecular formula is C12H13ClN2O2S2. The zero-order valence-electron chi connectivity index (χ0n) is 10.0. The third-order valence-corrected chi connectivity index (χ3v) is 6.03. The Morgan fingerprint density at radius 1 is 1.37 bits per heavy atom. The summed E-state index contributed by atoms with van der Waals surface area (Å²) in [6.45, 7) is 0.544. The highest BCUT2D eigenvalue weighted by molar-refractivity contribution is 7.91. The third kappa shape index (κ3) is 2.44. The second-order valence-electron chi connectivity index (χ2n) is 4.92. The second kappa shape index (κ2) is 4.61. The molecule has 0 aromatic heterocycles. The first-order valence-corrected chi connectivity index (χ1v) is 8.58. The van der Waals surface area contributed by atoms with Crippen LogP contribution in [0.5, 0.6) is 0 Å². The number of thiocarbonyl (C=S) groups is 1. The predicted octanol–water partition coefficient (Wildman–Crippen LogP) is 1.20. The maximum Gasteiger partial charge on any atom is 0.169 e. The van der Waals surface area contributed by atoms with Crippen molar-refractivity contribution in [1.82, 2.24) is 10.2 Å². The zero-order chi connectivity index (χ0) is 13.6. The number of hydrogen-bond acceptors (Lipinski definition) is 3. The average molecular weight is 317 g/mol. The molecule has 2 fully saturated rings. The standard InChI is InChI=1S/C12H13ClN2O2S2/c13-9-4-2-1-3-8(9)5-15-11-7-19(16,17)6-10(11)14-12(15)18/h1-4,10-11H,5-7H2,(H,14,18)/t10-,11-/m0/s1. The van der Waals surface area contributed by atoms with E-state index in [1.165, 1.54) is 0 Å². The smallest absolute Gasteiger partial charge is 0.169 e. The SMILES string of the molecule is O=S1(=O)C[C@@H]2NC(=S)N(Cc3ccccc3Cl)[C@H]2C1. The van der Waals surface area contributed by atoms with Gasteiger partial charge in [-0.3, -0.25) is 0 Å². The summed E-state index contributed by atoms with van der Waals surface area (Å²) in [7, 11) is -2.96. The third-order valence-electron chi connectivity index (χ3n) is 3.59. The fraction of sp³-hybridized carbons (Fsp3) is 0.417. The number of nitrogens with zero attached hydrogens (tertiary/aromatic N) is 1. The Labute approximate surface area is 122 Å². The Morgan fingerprint density at radius 3 is 2.84 bits per heavy atom. The number of fused-ring (bicyclic) bond motifs is 1. The van der Waals surface area contributed by atoms with E-state index in [1.807, 2.05) is 29.2 Å². The van der Waals surface area contributed by atoms with Crippen molar-refractivity contribution in [2.24, 2.45) is 0 Å². The van der Waals surface area contributed by atoms with E-state index in [4.69, 9.17) is 23.8 Å². The maximum atomic E-state index is 11.7. The van der Waals surface area contributed by atoms with Gasteiger partial charge in [-0.05, 0) is 23.8 Å². The molecule has 2 saturated heterocycles. The highest BCUT2D eigenvalue weighted by Crippen LogP contribution is 2.27. The molecule has 0 radical (unpaired) electrons. The molecule has 2 heterocycles. The predicted molar refractivity (Wildman–Crippen MR) is 79.0 cm³/mol. The summed E-state index contributed by atoms with van der Waals surface area (Å²) in [5.41, 5.74) is 0.957. The minimum absolute atomic E-state index is 0.0752. The van der Waals surface area contributed by atoms with Gasteiger partial charge in [-0.1, -0.05) is 29.8 Å². The van der Waals surface area contributed by atoms with E-state index in [0.29, 0.717) is 16.7 Å². The molecule has 3 rings (SSSR count). The van der Waals surface area contributed by atoms with E-state index in [0.717, 1.165) is 5.56 Å². The van der Waals surface area contributed by atoms with Gasteiger partial charge in [0.2, 0.25) is 0 Å². The molecular weight excluding hydrogens is 304 g/mol. The lowest BCUT2D eigenvalue weighted by Gasteiger charge is -2.23. The van der Waals surface area contributed by atoms with Crippen molar-refractivity contribution in [2.75, 3.05) is 11.5 Å². The first-order chi connectivity index (χ1) is 8.96. The summed E-state index contributed by atoms with van der Waals surface area (Å²) < 4.78 is 23.4. The van der Waals surface area contributed by atoms with Crippen LogP contribution in [0.15, 0.2) is 24.3 Å². The lowest BCUT2D eigenvalue weighted by atomic mass is 10.1. The minimum atomic E-state index is -2.96. The van der Waals surface area contributed by atoms with Crippen LogP contribution in [0.4, 0.5) is 0 Å². The fourth-order valence-corrected chi connectivity index (χ4v) is 5.13. The summed E-state index contributed by atoms with van der Waals surface area (Å²) in [6.07, 6.45) is 0. The first kappa shape index (κ1) is 13.1. The monoisotopic (exact) mass is 316 g/mol. The topological polar surface area (TPSA) is 49.4 Å². The van der Waals surface area contributed by atoms with Crippen LogP contribution < -0.4 is 5.32 Å². The van der Waals surface area contributed by atoms with Crippen LogP contribution in [-0.4, -0.2) is 42.0 Å². The van der Waals surface area contributed by atoms with Crippen LogP contribution in [0.3, 0.4) is 0 Å². The summed E-state index contributed by atoms with van der Waals surface area (Å²) in [5, 5.41) is 4.39. The zero-order valence-corrected chi connectivity index (χ0v) is 12.4. The van der Waals surface area contributed by atoms with Crippen molar-refractivity contribution in [3.8, 4) is 0 Å². The highest BCUT2D eigenvalue weighted by atomic mass is 35.5. The van der Waals surface area contributed by atoms with Gasteiger partial charge >= 0.3 is 0 Å². The quantitative estimate of drug-likeness (QED) is 0.831. The molecule has 102 valence electrons. The molecule has 7 heteroatoms. The number of benzene rings is 1. The van der Waals surface area contributed by atoms with E-state index in [1.54, 1.807) is 0 Å². The van der Waals surface area contributed by atoms with Crippen molar-refractivity contribution in [3.63, 3.8) is 0 Å². The van der Waals surface area contributed by atoms with Crippen LogP contribution in [0.1, 0.15) is 5.56 Å². The Bertz CT molecular complexity index is 632. The van der Waals surface area contributed by atoms with E-state index in [2.05, 4.69) is 5.32 Å². The van der Waals surface area contributed by atoms with Gasteiger partial charge in [0, 0.05) is 11.6 Å². The molecule has 2 aliphatic rings. The van der Waals surface area contributed by atoms with Crippen LogP contribution in [0, 0.1) is 0 Å². The van der Waals surface area contributed by atoms with Crippen LogP contribution in [0.25, 0.3) is 0 Å². The van der Waals surface area contributed by atoms with Gasteiger partial charge < -0.3 is 10.2 Å². The van der Waals surface area contributed by atoms with Crippen molar-refractivity contribution in [2.45, 2.75) is 18.6 Å². The lowest BCUT2D eigenvalue weighted by molar-refractivity contribution is 0.349. The van der Waals surface area contributed by atoms with Gasteiger partial charge in [0.05, 0.1) is 23.6 Å². The van der Waals surface area contributed by atoms with E-state index < -0.39 is 9.84 Å².